The molecule has 11 heteroatoms. The zero-order valence-electron chi connectivity index (χ0n) is 19.6. The van der Waals surface area contributed by atoms with Crippen LogP contribution in [0.2, 0.25) is 0 Å². The summed E-state index contributed by atoms with van der Waals surface area (Å²) in [4.78, 5) is 39.5. The molecule has 0 bridgehead atoms. The number of fused-ring (bicyclic) bond motifs is 3. The Balaban J connectivity index is 1.05. The van der Waals surface area contributed by atoms with Crippen LogP contribution in [0, 0.1) is 11.8 Å². The summed E-state index contributed by atoms with van der Waals surface area (Å²) in [5, 5.41) is 9.41. The Morgan fingerprint density at radius 3 is 3.00 bits per heavy atom. The standard InChI is InChI=1S/C25H27N5O6/c31-22(6-4-15-3-5-19-20(10-15)36-14-35-19)26-11-21-18-12-29(9-7-16(18)13-34-21)24(32)17-2-1-8-30-23(17)27-28-25(30)33/h1-3,5,8,10,16,18,21H,4,6-7,9,11-14H2,(H,26,31)(H,28,33)/t16-,18+,21+/m0/s1. The summed E-state index contributed by atoms with van der Waals surface area (Å²) >= 11 is 0. The number of aromatic nitrogens is 3. The van der Waals surface area contributed by atoms with Gasteiger partial charge in [-0.25, -0.2) is 14.3 Å². The first kappa shape index (κ1) is 22.6. The fourth-order valence-electron chi connectivity index (χ4n) is 5.35. The maximum Gasteiger partial charge on any atom is 0.347 e. The third-order valence-electron chi connectivity index (χ3n) is 7.35. The van der Waals surface area contributed by atoms with E-state index in [1.54, 1.807) is 23.2 Å². The molecule has 36 heavy (non-hydrogen) atoms. The topological polar surface area (TPSA) is 127 Å². The van der Waals surface area contributed by atoms with E-state index in [0.717, 1.165) is 17.7 Å². The first-order chi connectivity index (χ1) is 17.6. The predicted molar refractivity (Wildman–Crippen MR) is 127 cm³/mol. The Kier molecular flexibility index (Phi) is 5.84. The second kappa shape index (κ2) is 9.30. The molecule has 3 aliphatic rings. The van der Waals surface area contributed by atoms with E-state index in [1.807, 2.05) is 18.2 Å². The number of hydrogen-bond acceptors (Lipinski definition) is 7. The SMILES string of the molecule is O=C(CCc1ccc2c(c1)OCO2)NC[C@H]1OC[C@@H]2CCN(C(=O)c3cccn4c(=O)[nH]nc34)C[C@H]21. The number of aromatic amines is 1. The molecule has 0 saturated carbocycles. The van der Waals surface area contributed by atoms with Gasteiger partial charge in [-0.1, -0.05) is 6.07 Å². The summed E-state index contributed by atoms with van der Waals surface area (Å²) in [6.45, 7) is 2.43. The van der Waals surface area contributed by atoms with E-state index in [-0.39, 0.29) is 36.3 Å². The maximum atomic E-state index is 13.3. The highest BCUT2D eigenvalue weighted by Gasteiger charge is 2.42. The van der Waals surface area contributed by atoms with E-state index in [4.69, 9.17) is 14.2 Å². The lowest BCUT2D eigenvalue weighted by molar-refractivity contribution is -0.121. The molecule has 1 aromatic carbocycles. The summed E-state index contributed by atoms with van der Waals surface area (Å²) in [6, 6.07) is 9.08. The van der Waals surface area contributed by atoms with Crippen LogP contribution < -0.4 is 20.5 Å². The van der Waals surface area contributed by atoms with Gasteiger partial charge < -0.3 is 24.4 Å². The zero-order valence-corrected chi connectivity index (χ0v) is 19.6. The molecule has 6 rings (SSSR count). The molecule has 2 fully saturated rings. The van der Waals surface area contributed by atoms with Crippen molar-refractivity contribution in [2.24, 2.45) is 11.8 Å². The number of pyridine rings is 1. The fourth-order valence-corrected chi connectivity index (χ4v) is 5.35. The van der Waals surface area contributed by atoms with E-state index in [9.17, 15) is 14.4 Å². The van der Waals surface area contributed by atoms with Gasteiger partial charge >= 0.3 is 5.69 Å². The number of hydrogen-bond donors (Lipinski definition) is 2. The molecule has 0 aliphatic carbocycles. The highest BCUT2D eigenvalue weighted by Crippen LogP contribution is 2.35. The fraction of sp³-hybridized carbons (Fsp3) is 0.440. The minimum absolute atomic E-state index is 0.0425. The Morgan fingerprint density at radius 2 is 2.08 bits per heavy atom. The molecule has 3 atom stereocenters. The molecule has 3 aliphatic heterocycles. The number of aryl methyl sites for hydroxylation is 1. The van der Waals surface area contributed by atoms with Gasteiger partial charge in [0.1, 0.15) is 0 Å². The highest BCUT2D eigenvalue weighted by molar-refractivity contribution is 5.99. The van der Waals surface area contributed by atoms with E-state index in [2.05, 4.69) is 15.5 Å². The van der Waals surface area contributed by atoms with Crippen molar-refractivity contribution in [3.05, 3.63) is 58.1 Å². The Morgan fingerprint density at radius 1 is 1.19 bits per heavy atom. The number of piperidine rings is 1. The molecular formula is C25H27N5O6. The number of rotatable bonds is 6. The normalized spacial score (nSPS) is 22.6. The van der Waals surface area contributed by atoms with Crippen molar-refractivity contribution in [2.75, 3.05) is 33.0 Å². The van der Waals surface area contributed by atoms with Crippen molar-refractivity contribution in [3.8, 4) is 11.5 Å². The van der Waals surface area contributed by atoms with Gasteiger partial charge in [0.05, 0.1) is 18.3 Å². The highest BCUT2D eigenvalue weighted by atomic mass is 16.7. The number of nitrogens with zero attached hydrogens (tertiary/aromatic N) is 3. The smallest absolute Gasteiger partial charge is 0.347 e. The molecule has 0 spiro atoms. The monoisotopic (exact) mass is 493 g/mol. The molecule has 0 radical (unpaired) electrons. The number of H-pyrrole nitrogens is 1. The van der Waals surface area contributed by atoms with Crippen molar-refractivity contribution in [1.29, 1.82) is 0 Å². The van der Waals surface area contributed by atoms with Crippen LogP contribution in [0.3, 0.4) is 0 Å². The lowest BCUT2D eigenvalue weighted by atomic mass is 9.84. The molecular weight excluding hydrogens is 466 g/mol. The molecule has 2 N–H and O–H groups in total. The lowest BCUT2D eigenvalue weighted by Gasteiger charge is -2.36. The molecule has 3 aromatic rings. The Labute approximate surface area is 206 Å². The zero-order chi connectivity index (χ0) is 24.6. The van der Waals surface area contributed by atoms with Gasteiger partial charge in [0.25, 0.3) is 5.91 Å². The number of benzene rings is 1. The average Bonchev–Trinajstić information content (AvgIpc) is 3.63. The molecule has 0 unspecified atom stereocenters. The molecule has 2 aromatic heterocycles. The number of nitrogens with one attached hydrogen (secondary N) is 2. The first-order valence-corrected chi connectivity index (χ1v) is 12.2. The van der Waals surface area contributed by atoms with Crippen molar-refractivity contribution in [1.82, 2.24) is 24.8 Å². The number of carbonyl (C=O) groups excluding carboxylic acids is 2. The summed E-state index contributed by atoms with van der Waals surface area (Å²) < 4.78 is 18.1. The number of amides is 2. The van der Waals surface area contributed by atoms with Crippen LogP contribution in [0.1, 0.15) is 28.8 Å². The van der Waals surface area contributed by atoms with Gasteiger partial charge in [-0.3, -0.25) is 9.59 Å². The summed E-state index contributed by atoms with van der Waals surface area (Å²) in [5.74, 6) is 1.73. The molecule has 2 saturated heterocycles. The predicted octanol–water partition coefficient (Wildman–Crippen LogP) is 0.977. The third kappa shape index (κ3) is 4.19. The van der Waals surface area contributed by atoms with Gasteiger partial charge in [-0.05, 0) is 48.6 Å². The molecule has 5 heterocycles. The van der Waals surface area contributed by atoms with Gasteiger partial charge in [0.15, 0.2) is 17.1 Å². The van der Waals surface area contributed by atoms with Crippen molar-refractivity contribution in [3.63, 3.8) is 0 Å². The van der Waals surface area contributed by atoms with Crippen LogP contribution in [0.25, 0.3) is 5.65 Å². The van der Waals surface area contributed by atoms with Crippen LogP contribution in [0.5, 0.6) is 11.5 Å². The van der Waals surface area contributed by atoms with E-state index >= 15 is 0 Å². The Bertz CT molecular complexity index is 1370. The number of ether oxygens (including phenoxy) is 3. The number of likely N-dealkylation sites (tertiary alicyclic amines) is 1. The van der Waals surface area contributed by atoms with E-state index < -0.39 is 0 Å². The second-order valence-electron chi connectivity index (χ2n) is 9.47. The average molecular weight is 494 g/mol. The molecule has 11 nitrogen and oxygen atoms in total. The lowest BCUT2D eigenvalue weighted by Crippen LogP contribution is -2.47. The maximum absolute atomic E-state index is 13.3. The van der Waals surface area contributed by atoms with Crippen molar-refractivity contribution >= 4 is 17.5 Å². The summed E-state index contributed by atoms with van der Waals surface area (Å²) in [7, 11) is 0. The number of carbonyl (C=O) groups is 2. The third-order valence-corrected chi connectivity index (χ3v) is 7.35. The molecule has 2 amide bonds. The minimum Gasteiger partial charge on any atom is -0.454 e. The minimum atomic E-state index is -0.378. The Hall–Kier alpha value is -3.86. The largest absolute Gasteiger partial charge is 0.454 e. The quantitative estimate of drug-likeness (QED) is 0.524. The van der Waals surface area contributed by atoms with E-state index in [0.29, 0.717) is 62.0 Å². The van der Waals surface area contributed by atoms with Gasteiger partial charge in [-0.2, -0.15) is 5.10 Å². The van der Waals surface area contributed by atoms with Gasteiger partial charge in [-0.15, -0.1) is 0 Å². The van der Waals surface area contributed by atoms with Gasteiger partial charge in [0.2, 0.25) is 12.7 Å². The van der Waals surface area contributed by atoms with Crippen LogP contribution >= 0.6 is 0 Å². The van der Waals surface area contributed by atoms with Gasteiger partial charge in [0, 0.05) is 38.2 Å². The summed E-state index contributed by atoms with van der Waals surface area (Å²) in [6.07, 6.45) is 3.23. The van der Waals surface area contributed by atoms with Crippen molar-refractivity contribution in [2.45, 2.75) is 25.4 Å². The summed E-state index contributed by atoms with van der Waals surface area (Å²) in [5.41, 5.74) is 1.35. The van der Waals surface area contributed by atoms with Crippen LogP contribution in [0.4, 0.5) is 0 Å². The van der Waals surface area contributed by atoms with Crippen LogP contribution in [-0.2, 0) is 16.0 Å². The van der Waals surface area contributed by atoms with Crippen LogP contribution in [-0.4, -0.2) is 70.5 Å². The second-order valence-corrected chi connectivity index (χ2v) is 9.47. The molecule has 188 valence electrons. The van der Waals surface area contributed by atoms with E-state index in [1.165, 1.54) is 4.40 Å². The first-order valence-electron chi connectivity index (χ1n) is 12.2. The van der Waals surface area contributed by atoms with Crippen molar-refractivity contribution < 1.29 is 23.8 Å². The van der Waals surface area contributed by atoms with Crippen LogP contribution in [0.15, 0.2) is 41.3 Å².